The summed E-state index contributed by atoms with van der Waals surface area (Å²) in [7, 11) is 0. The average Bonchev–Trinajstić information content (AvgIpc) is 2.55. The number of nitrogens with one attached hydrogen (secondary N) is 1. The molecule has 11 nitrogen and oxygen atoms in total. The molecule has 0 aromatic heterocycles. The highest BCUT2D eigenvalue weighted by molar-refractivity contribution is 6.06. The molecule has 0 bridgehead atoms. The number of rotatable bonds is 5. The molecule has 1 amide bonds. The number of nitrogens with zero attached hydrogens (tertiary/aromatic N) is 3. The number of amides is 1. The monoisotopic (exact) mass is 360 g/mol. The van der Waals surface area contributed by atoms with Crippen LogP contribution in [0.1, 0.15) is 21.5 Å². The van der Waals surface area contributed by atoms with E-state index >= 15 is 0 Å². The number of nitro benzene ring substituents is 3. The van der Waals surface area contributed by atoms with Crippen LogP contribution in [0.25, 0.3) is 0 Å². The fourth-order valence-electron chi connectivity index (χ4n) is 2.29. The van der Waals surface area contributed by atoms with Crippen molar-refractivity contribution in [1.29, 1.82) is 0 Å². The Balaban J connectivity index is 2.50. The SMILES string of the molecule is Cc1ccc(NC(=O)c2cc([N+](=O)[O-])c(C)c([N+](=O)[O-])c2)c([N+](=O)[O-])c1. The fraction of sp³-hybridized carbons (Fsp3) is 0.133. The summed E-state index contributed by atoms with van der Waals surface area (Å²) < 4.78 is 0. The van der Waals surface area contributed by atoms with Crippen LogP contribution < -0.4 is 5.32 Å². The summed E-state index contributed by atoms with van der Waals surface area (Å²) in [5, 5.41) is 35.5. The number of benzene rings is 2. The molecule has 0 radical (unpaired) electrons. The van der Waals surface area contributed by atoms with E-state index in [0.29, 0.717) is 5.56 Å². The van der Waals surface area contributed by atoms with Crippen LogP contribution in [-0.4, -0.2) is 20.7 Å². The molecule has 0 unspecified atom stereocenters. The topological polar surface area (TPSA) is 159 Å². The van der Waals surface area contributed by atoms with Gasteiger partial charge in [-0.2, -0.15) is 0 Å². The molecule has 2 aromatic carbocycles. The van der Waals surface area contributed by atoms with Crippen LogP contribution in [-0.2, 0) is 0 Å². The van der Waals surface area contributed by atoms with Crippen molar-refractivity contribution in [2.45, 2.75) is 13.8 Å². The third-order valence-corrected chi connectivity index (χ3v) is 3.61. The molecule has 0 fully saturated rings. The Kier molecular flexibility index (Phi) is 4.91. The summed E-state index contributed by atoms with van der Waals surface area (Å²) in [6.45, 7) is 2.83. The zero-order chi connectivity index (χ0) is 19.6. The van der Waals surface area contributed by atoms with Crippen molar-refractivity contribution in [1.82, 2.24) is 0 Å². The van der Waals surface area contributed by atoms with Gasteiger partial charge in [0.05, 0.1) is 20.3 Å². The van der Waals surface area contributed by atoms with Crippen molar-refractivity contribution >= 4 is 28.7 Å². The normalized spacial score (nSPS) is 10.2. The van der Waals surface area contributed by atoms with E-state index in [9.17, 15) is 35.1 Å². The smallest absolute Gasteiger partial charge is 0.293 e. The quantitative estimate of drug-likeness (QED) is 0.632. The number of anilines is 1. The number of carbonyl (C=O) groups is 1. The highest BCUT2D eigenvalue weighted by Crippen LogP contribution is 2.31. The minimum atomic E-state index is -0.942. The van der Waals surface area contributed by atoms with E-state index in [2.05, 4.69) is 5.32 Å². The summed E-state index contributed by atoms with van der Waals surface area (Å²) in [6.07, 6.45) is 0. The van der Waals surface area contributed by atoms with E-state index in [1.54, 1.807) is 6.92 Å². The molecule has 0 heterocycles. The van der Waals surface area contributed by atoms with Gasteiger partial charge in [0, 0.05) is 18.2 Å². The Hall–Kier alpha value is -3.89. The second-order valence-electron chi connectivity index (χ2n) is 5.39. The van der Waals surface area contributed by atoms with Gasteiger partial charge < -0.3 is 5.32 Å². The van der Waals surface area contributed by atoms with Crippen LogP contribution in [0.15, 0.2) is 30.3 Å². The predicted molar refractivity (Wildman–Crippen MR) is 90.3 cm³/mol. The Bertz CT molecular complexity index is 920. The van der Waals surface area contributed by atoms with Crippen molar-refractivity contribution < 1.29 is 19.6 Å². The lowest BCUT2D eigenvalue weighted by molar-refractivity contribution is -0.395. The van der Waals surface area contributed by atoms with Crippen LogP contribution in [0, 0.1) is 44.2 Å². The molecule has 0 aliphatic heterocycles. The lowest BCUT2D eigenvalue weighted by Gasteiger charge is -2.08. The van der Waals surface area contributed by atoms with Gasteiger partial charge in [-0.15, -0.1) is 0 Å². The molecule has 0 aliphatic rings. The minimum absolute atomic E-state index is 0.128. The van der Waals surface area contributed by atoms with Crippen LogP contribution >= 0.6 is 0 Å². The van der Waals surface area contributed by atoms with Gasteiger partial charge in [0.2, 0.25) is 0 Å². The molecule has 0 spiro atoms. The molecular weight excluding hydrogens is 348 g/mol. The second-order valence-corrected chi connectivity index (χ2v) is 5.39. The standard InChI is InChI=1S/C15H12N4O7/c1-8-3-4-11(14(5-8)19(25)26)16-15(20)10-6-12(17(21)22)9(2)13(7-10)18(23)24/h3-7H,1-2H3,(H,16,20). The van der Waals surface area contributed by atoms with Crippen molar-refractivity contribution in [3.8, 4) is 0 Å². The molecule has 0 aliphatic carbocycles. The summed E-state index contributed by atoms with van der Waals surface area (Å²) in [5.41, 5.74) is -1.64. The Labute approximate surface area is 145 Å². The maximum atomic E-state index is 12.4. The molecule has 134 valence electrons. The number of carbonyl (C=O) groups excluding carboxylic acids is 1. The minimum Gasteiger partial charge on any atom is -0.316 e. The average molecular weight is 360 g/mol. The molecule has 0 saturated heterocycles. The summed E-state index contributed by atoms with van der Waals surface area (Å²) in [4.78, 5) is 43.2. The van der Waals surface area contributed by atoms with Gasteiger partial charge in [-0.05, 0) is 25.5 Å². The number of hydrogen-bond acceptors (Lipinski definition) is 7. The Morgan fingerprint density at radius 1 is 0.846 bits per heavy atom. The van der Waals surface area contributed by atoms with Crippen molar-refractivity contribution in [2.24, 2.45) is 0 Å². The molecule has 11 heteroatoms. The predicted octanol–water partition coefficient (Wildman–Crippen LogP) is 3.28. The first-order valence-electron chi connectivity index (χ1n) is 7.11. The van der Waals surface area contributed by atoms with Gasteiger partial charge in [-0.3, -0.25) is 35.1 Å². The summed E-state index contributed by atoms with van der Waals surface area (Å²) in [5.74, 6) is -0.942. The molecule has 0 atom stereocenters. The second kappa shape index (κ2) is 6.93. The van der Waals surface area contributed by atoms with Gasteiger partial charge in [-0.25, -0.2) is 0 Å². The lowest BCUT2D eigenvalue weighted by Crippen LogP contribution is -2.14. The summed E-state index contributed by atoms with van der Waals surface area (Å²) in [6, 6.07) is 5.86. The van der Waals surface area contributed by atoms with E-state index in [1.165, 1.54) is 25.1 Å². The van der Waals surface area contributed by atoms with E-state index in [0.717, 1.165) is 12.1 Å². The van der Waals surface area contributed by atoms with Gasteiger partial charge in [0.15, 0.2) is 0 Å². The first-order valence-corrected chi connectivity index (χ1v) is 7.11. The Morgan fingerprint density at radius 2 is 1.35 bits per heavy atom. The molecule has 2 rings (SSSR count). The van der Waals surface area contributed by atoms with Gasteiger partial charge >= 0.3 is 0 Å². The van der Waals surface area contributed by atoms with Gasteiger partial charge in [0.1, 0.15) is 11.3 Å². The van der Waals surface area contributed by atoms with Crippen molar-refractivity contribution in [3.63, 3.8) is 0 Å². The number of aryl methyl sites for hydroxylation is 1. The lowest BCUT2D eigenvalue weighted by atomic mass is 10.1. The Morgan fingerprint density at radius 3 is 1.81 bits per heavy atom. The van der Waals surface area contributed by atoms with Crippen LogP contribution in [0.4, 0.5) is 22.7 Å². The molecule has 26 heavy (non-hydrogen) atoms. The first kappa shape index (κ1) is 18.4. The fourth-order valence-corrected chi connectivity index (χ4v) is 2.29. The van der Waals surface area contributed by atoms with Crippen molar-refractivity contribution in [3.05, 3.63) is 77.4 Å². The highest BCUT2D eigenvalue weighted by atomic mass is 16.6. The van der Waals surface area contributed by atoms with E-state index in [4.69, 9.17) is 0 Å². The van der Waals surface area contributed by atoms with E-state index < -0.39 is 32.1 Å². The van der Waals surface area contributed by atoms with Gasteiger partial charge in [0.25, 0.3) is 23.0 Å². The zero-order valence-corrected chi connectivity index (χ0v) is 13.6. The number of hydrogen-bond donors (Lipinski definition) is 1. The molecule has 2 aromatic rings. The highest BCUT2D eigenvalue weighted by Gasteiger charge is 2.26. The third-order valence-electron chi connectivity index (χ3n) is 3.61. The van der Waals surface area contributed by atoms with Crippen LogP contribution in [0.3, 0.4) is 0 Å². The maximum Gasteiger partial charge on any atom is 0.293 e. The molecule has 1 N–H and O–H groups in total. The van der Waals surface area contributed by atoms with Crippen molar-refractivity contribution in [2.75, 3.05) is 5.32 Å². The van der Waals surface area contributed by atoms with Crippen LogP contribution in [0.2, 0.25) is 0 Å². The van der Waals surface area contributed by atoms with E-state index in [1.807, 2.05) is 0 Å². The van der Waals surface area contributed by atoms with Gasteiger partial charge in [-0.1, -0.05) is 6.07 Å². The molecule has 0 saturated carbocycles. The zero-order valence-electron chi connectivity index (χ0n) is 13.6. The van der Waals surface area contributed by atoms with Crippen LogP contribution in [0.5, 0.6) is 0 Å². The first-order chi connectivity index (χ1) is 12.1. The molecular formula is C15H12N4O7. The van der Waals surface area contributed by atoms with E-state index in [-0.39, 0.29) is 22.5 Å². The summed E-state index contributed by atoms with van der Waals surface area (Å²) >= 11 is 0. The number of nitro groups is 3. The largest absolute Gasteiger partial charge is 0.316 e. The third kappa shape index (κ3) is 3.61. The maximum absolute atomic E-state index is 12.4.